The molecule has 1 aromatic carbocycles. The molecule has 0 N–H and O–H groups in total. The SMILES string of the molecule is Cc1cccc2sc(N(CCN3CCOCC3)C(=O)c3ccc([N+](=O)[O-])s3)nc12. The van der Waals surface area contributed by atoms with Crippen molar-refractivity contribution in [3.63, 3.8) is 0 Å². The second-order valence-corrected chi connectivity index (χ2v) is 8.80. The molecular weight excluding hydrogens is 412 g/mol. The lowest BCUT2D eigenvalue weighted by Crippen LogP contribution is -2.43. The van der Waals surface area contributed by atoms with Crippen molar-refractivity contribution in [2.24, 2.45) is 0 Å². The first-order chi connectivity index (χ1) is 14.0. The van der Waals surface area contributed by atoms with Crippen LogP contribution in [-0.2, 0) is 4.74 Å². The Kier molecular flexibility index (Phi) is 5.86. The highest BCUT2D eigenvalue weighted by Crippen LogP contribution is 2.33. The van der Waals surface area contributed by atoms with Gasteiger partial charge in [0.1, 0.15) is 0 Å². The lowest BCUT2D eigenvalue weighted by atomic mass is 10.2. The quantitative estimate of drug-likeness (QED) is 0.437. The number of aromatic nitrogens is 1. The Labute approximate surface area is 175 Å². The summed E-state index contributed by atoms with van der Waals surface area (Å²) in [6, 6.07) is 8.85. The van der Waals surface area contributed by atoms with Crippen LogP contribution in [0.25, 0.3) is 10.2 Å². The number of para-hydroxylation sites is 1. The second-order valence-electron chi connectivity index (χ2n) is 6.72. The van der Waals surface area contributed by atoms with Crippen molar-refractivity contribution < 1.29 is 14.5 Å². The van der Waals surface area contributed by atoms with Crippen LogP contribution >= 0.6 is 22.7 Å². The summed E-state index contributed by atoms with van der Waals surface area (Å²) < 4.78 is 6.41. The van der Waals surface area contributed by atoms with Gasteiger partial charge in [-0.05, 0) is 24.6 Å². The Morgan fingerprint density at radius 1 is 1.28 bits per heavy atom. The number of carbonyl (C=O) groups excluding carboxylic acids is 1. The molecule has 3 aromatic rings. The monoisotopic (exact) mass is 432 g/mol. The van der Waals surface area contributed by atoms with Crippen molar-refractivity contribution in [3.05, 3.63) is 50.9 Å². The maximum Gasteiger partial charge on any atom is 0.324 e. The third-order valence-electron chi connectivity index (χ3n) is 4.81. The zero-order valence-corrected chi connectivity index (χ0v) is 17.5. The number of benzene rings is 1. The van der Waals surface area contributed by atoms with E-state index in [4.69, 9.17) is 9.72 Å². The van der Waals surface area contributed by atoms with Crippen LogP contribution in [0.5, 0.6) is 0 Å². The van der Waals surface area contributed by atoms with Gasteiger partial charge < -0.3 is 4.74 Å². The number of rotatable bonds is 6. The van der Waals surface area contributed by atoms with Gasteiger partial charge in [-0.3, -0.25) is 24.7 Å². The molecule has 152 valence electrons. The van der Waals surface area contributed by atoms with Crippen LogP contribution in [0.1, 0.15) is 15.2 Å². The normalized spacial score (nSPS) is 14.9. The fourth-order valence-corrected chi connectivity index (χ4v) is 5.05. The number of amides is 1. The van der Waals surface area contributed by atoms with Gasteiger partial charge in [-0.15, -0.1) is 0 Å². The Hall–Kier alpha value is -2.40. The molecule has 0 radical (unpaired) electrons. The highest BCUT2D eigenvalue weighted by atomic mass is 32.1. The first-order valence-electron chi connectivity index (χ1n) is 9.25. The maximum atomic E-state index is 13.3. The topological polar surface area (TPSA) is 88.8 Å². The van der Waals surface area contributed by atoms with Gasteiger partial charge in [0.25, 0.3) is 5.91 Å². The van der Waals surface area contributed by atoms with E-state index in [2.05, 4.69) is 4.90 Å². The van der Waals surface area contributed by atoms with Crippen LogP contribution in [-0.4, -0.2) is 60.1 Å². The Morgan fingerprint density at radius 2 is 2.07 bits per heavy atom. The summed E-state index contributed by atoms with van der Waals surface area (Å²) in [5.41, 5.74) is 1.94. The molecular formula is C19H20N4O4S2. The summed E-state index contributed by atoms with van der Waals surface area (Å²) in [7, 11) is 0. The van der Waals surface area contributed by atoms with Crippen molar-refractivity contribution in [3.8, 4) is 0 Å². The van der Waals surface area contributed by atoms with Crippen LogP contribution in [0.2, 0.25) is 0 Å². The van der Waals surface area contributed by atoms with Crippen LogP contribution in [0, 0.1) is 17.0 Å². The number of anilines is 1. The van der Waals surface area contributed by atoms with Crippen molar-refractivity contribution in [2.75, 3.05) is 44.3 Å². The molecule has 0 spiro atoms. The molecule has 3 heterocycles. The highest BCUT2D eigenvalue weighted by Gasteiger charge is 2.25. The van der Waals surface area contributed by atoms with E-state index in [9.17, 15) is 14.9 Å². The summed E-state index contributed by atoms with van der Waals surface area (Å²) in [6.07, 6.45) is 0. The van der Waals surface area contributed by atoms with Gasteiger partial charge >= 0.3 is 5.00 Å². The summed E-state index contributed by atoms with van der Waals surface area (Å²) >= 11 is 2.36. The van der Waals surface area contributed by atoms with E-state index >= 15 is 0 Å². The Balaban J connectivity index is 1.64. The minimum absolute atomic E-state index is 0.0402. The van der Waals surface area contributed by atoms with E-state index in [0.29, 0.717) is 36.3 Å². The van der Waals surface area contributed by atoms with Gasteiger partial charge in [0, 0.05) is 32.2 Å². The number of aryl methyl sites for hydroxylation is 1. The standard InChI is InChI=1S/C19H20N4O4S2/c1-13-3-2-4-14-17(13)20-19(29-14)22(8-7-21-9-11-27-12-10-21)18(24)15-5-6-16(28-15)23(25)26/h2-6H,7-12H2,1H3. The summed E-state index contributed by atoms with van der Waals surface area (Å²) in [4.78, 5) is 32.8. The largest absolute Gasteiger partial charge is 0.379 e. The minimum atomic E-state index is -0.472. The molecule has 1 fully saturated rings. The van der Waals surface area contributed by atoms with Gasteiger partial charge in [-0.25, -0.2) is 4.98 Å². The smallest absolute Gasteiger partial charge is 0.324 e. The fraction of sp³-hybridized carbons (Fsp3) is 0.368. The minimum Gasteiger partial charge on any atom is -0.379 e. The zero-order chi connectivity index (χ0) is 20.4. The van der Waals surface area contributed by atoms with Crippen molar-refractivity contribution >= 4 is 48.9 Å². The van der Waals surface area contributed by atoms with Gasteiger partial charge in [0.15, 0.2) is 5.13 Å². The number of thiazole rings is 1. The zero-order valence-electron chi connectivity index (χ0n) is 15.9. The third-order valence-corrected chi connectivity index (χ3v) is 6.88. The van der Waals surface area contributed by atoms with Gasteiger partial charge in [-0.1, -0.05) is 34.8 Å². The number of hydrogen-bond donors (Lipinski definition) is 0. The van der Waals surface area contributed by atoms with E-state index in [1.54, 1.807) is 4.90 Å². The van der Waals surface area contributed by atoms with Gasteiger partial charge in [0.05, 0.1) is 33.2 Å². The van der Waals surface area contributed by atoms with Gasteiger partial charge in [-0.2, -0.15) is 0 Å². The number of nitro groups is 1. The molecule has 0 bridgehead atoms. The van der Waals surface area contributed by atoms with E-state index in [1.165, 1.54) is 23.5 Å². The second kappa shape index (κ2) is 8.54. The fourth-order valence-electron chi connectivity index (χ4n) is 3.21. The molecule has 2 aromatic heterocycles. The lowest BCUT2D eigenvalue weighted by Gasteiger charge is -2.29. The molecule has 29 heavy (non-hydrogen) atoms. The number of fused-ring (bicyclic) bond motifs is 1. The van der Waals surface area contributed by atoms with E-state index < -0.39 is 4.92 Å². The van der Waals surface area contributed by atoms with E-state index in [1.807, 2.05) is 25.1 Å². The first-order valence-corrected chi connectivity index (χ1v) is 10.9. The number of morpholine rings is 1. The van der Waals surface area contributed by atoms with Crippen LogP contribution in [0.4, 0.5) is 10.1 Å². The maximum absolute atomic E-state index is 13.3. The number of thiophene rings is 1. The predicted octanol–water partition coefficient (Wildman–Crippen LogP) is 3.55. The molecule has 1 saturated heterocycles. The molecule has 0 saturated carbocycles. The number of nitrogens with zero attached hydrogens (tertiary/aromatic N) is 4. The van der Waals surface area contributed by atoms with Crippen LogP contribution in [0.15, 0.2) is 30.3 Å². The van der Waals surface area contributed by atoms with Crippen molar-refractivity contribution in [1.29, 1.82) is 0 Å². The average molecular weight is 433 g/mol. The lowest BCUT2D eigenvalue weighted by molar-refractivity contribution is -0.380. The highest BCUT2D eigenvalue weighted by molar-refractivity contribution is 7.22. The Bertz CT molecular complexity index is 1040. The number of ether oxygens (including phenoxy) is 1. The average Bonchev–Trinajstić information content (AvgIpc) is 3.37. The molecule has 8 nitrogen and oxygen atoms in total. The van der Waals surface area contributed by atoms with E-state index in [0.717, 1.165) is 40.2 Å². The molecule has 10 heteroatoms. The molecule has 1 aliphatic rings. The molecule has 4 rings (SSSR count). The third kappa shape index (κ3) is 4.30. The molecule has 0 aliphatic carbocycles. The number of hydrogen-bond acceptors (Lipinski definition) is 8. The van der Waals surface area contributed by atoms with Crippen molar-refractivity contribution in [1.82, 2.24) is 9.88 Å². The van der Waals surface area contributed by atoms with E-state index in [-0.39, 0.29) is 10.9 Å². The summed E-state index contributed by atoms with van der Waals surface area (Å²) in [5.74, 6) is -0.256. The van der Waals surface area contributed by atoms with Crippen molar-refractivity contribution in [2.45, 2.75) is 6.92 Å². The molecule has 1 amide bonds. The predicted molar refractivity (Wildman–Crippen MR) is 114 cm³/mol. The van der Waals surface area contributed by atoms with Gasteiger partial charge in [0.2, 0.25) is 0 Å². The molecule has 0 atom stereocenters. The Morgan fingerprint density at radius 3 is 2.76 bits per heavy atom. The first kappa shape index (κ1) is 19.9. The van der Waals surface area contributed by atoms with Crippen LogP contribution < -0.4 is 4.90 Å². The van der Waals surface area contributed by atoms with Crippen LogP contribution in [0.3, 0.4) is 0 Å². The molecule has 0 unspecified atom stereocenters. The molecule has 1 aliphatic heterocycles. The number of carbonyl (C=O) groups is 1. The summed E-state index contributed by atoms with van der Waals surface area (Å²) in [6.45, 7) is 6.17. The summed E-state index contributed by atoms with van der Waals surface area (Å²) in [5, 5.41) is 11.6.